The minimum absolute atomic E-state index is 1.11. The van der Waals surface area contributed by atoms with Gasteiger partial charge in [-0.05, 0) is 46.5 Å². The molecule has 0 radical (unpaired) electrons. The molecule has 1 nitrogen and oxygen atoms in total. The molecule has 0 atom stereocenters. The molecular formula is C22H17N. The number of benzene rings is 3. The number of nitrogens with one attached hydrogen (secondary N) is 1. The lowest BCUT2D eigenvalue weighted by Crippen LogP contribution is -2.29. The van der Waals surface area contributed by atoms with Gasteiger partial charge in [-0.15, -0.1) is 0 Å². The normalized spacial score (nSPS) is 14.0. The van der Waals surface area contributed by atoms with Crippen LogP contribution in [0.5, 0.6) is 0 Å². The van der Waals surface area contributed by atoms with Crippen molar-refractivity contribution in [2.24, 2.45) is 0 Å². The van der Waals surface area contributed by atoms with Crippen LogP contribution >= 0.6 is 0 Å². The zero-order chi connectivity index (χ0) is 15.2. The van der Waals surface area contributed by atoms with Gasteiger partial charge in [0.2, 0.25) is 0 Å². The van der Waals surface area contributed by atoms with Gasteiger partial charge in [0.25, 0.3) is 0 Å². The van der Waals surface area contributed by atoms with Gasteiger partial charge < -0.3 is 4.98 Å². The topological polar surface area (TPSA) is 15.8 Å². The summed E-state index contributed by atoms with van der Waals surface area (Å²) in [6.07, 6.45) is 4.58. The summed E-state index contributed by atoms with van der Waals surface area (Å²) in [7, 11) is 0. The van der Waals surface area contributed by atoms with Crippen LogP contribution in [0.3, 0.4) is 0 Å². The summed E-state index contributed by atoms with van der Waals surface area (Å²) < 4.78 is 0. The summed E-state index contributed by atoms with van der Waals surface area (Å²) in [5.41, 5.74) is 5.23. The number of rotatable bonds is 1. The monoisotopic (exact) mass is 295 g/mol. The third-order valence-corrected chi connectivity index (χ3v) is 4.90. The molecule has 1 aliphatic rings. The molecule has 0 unspecified atom stereocenters. The van der Waals surface area contributed by atoms with Crippen molar-refractivity contribution >= 4 is 33.5 Å². The second-order valence-electron chi connectivity index (χ2n) is 6.24. The molecule has 3 aromatic carbocycles. The summed E-state index contributed by atoms with van der Waals surface area (Å²) in [6, 6.07) is 24.1. The number of H-pyrrole nitrogens is 1. The first-order valence-corrected chi connectivity index (χ1v) is 8.19. The Kier molecular flexibility index (Phi) is 2.68. The van der Waals surface area contributed by atoms with E-state index in [4.69, 9.17) is 0 Å². The van der Waals surface area contributed by atoms with E-state index in [1.165, 1.54) is 43.4 Å². The van der Waals surface area contributed by atoms with E-state index in [1.807, 2.05) is 0 Å². The van der Waals surface area contributed by atoms with Crippen molar-refractivity contribution in [2.75, 3.05) is 0 Å². The van der Waals surface area contributed by atoms with Crippen molar-refractivity contribution in [2.45, 2.75) is 12.8 Å². The number of hydrogen-bond acceptors (Lipinski definition) is 0. The van der Waals surface area contributed by atoms with E-state index in [0.29, 0.717) is 0 Å². The minimum Gasteiger partial charge on any atom is -0.354 e. The highest BCUT2D eigenvalue weighted by atomic mass is 14.7. The third kappa shape index (κ3) is 1.93. The van der Waals surface area contributed by atoms with Crippen LogP contribution in [0.2, 0.25) is 0 Å². The summed E-state index contributed by atoms with van der Waals surface area (Å²) >= 11 is 0. The Morgan fingerprint density at radius 1 is 0.739 bits per heavy atom. The molecule has 1 heterocycles. The van der Waals surface area contributed by atoms with Crippen LogP contribution in [0.4, 0.5) is 0 Å². The molecule has 0 saturated carbocycles. The second-order valence-corrected chi connectivity index (χ2v) is 6.24. The van der Waals surface area contributed by atoms with Gasteiger partial charge in [-0.2, -0.15) is 0 Å². The zero-order valence-corrected chi connectivity index (χ0v) is 12.8. The van der Waals surface area contributed by atoms with E-state index in [9.17, 15) is 0 Å². The molecule has 0 amide bonds. The molecule has 1 N–H and O–H groups in total. The van der Waals surface area contributed by atoms with Gasteiger partial charge in [0, 0.05) is 21.8 Å². The molecule has 0 bridgehead atoms. The van der Waals surface area contributed by atoms with Crippen LogP contribution in [-0.4, -0.2) is 4.98 Å². The van der Waals surface area contributed by atoms with Crippen LogP contribution in [0.15, 0.2) is 66.7 Å². The summed E-state index contributed by atoms with van der Waals surface area (Å²) in [5.74, 6) is 0. The fraction of sp³-hybridized carbons (Fsp3) is 0.0909. The molecule has 1 aliphatic carbocycles. The van der Waals surface area contributed by atoms with Crippen LogP contribution < -0.4 is 10.4 Å². The standard InChI is InChI=1S/C22H17N/c1-2-8-17-15(6-1)7-5-10-18(17)16-12-13-20-19-9-3-4-11-21(19)23-22(20)14-16/h1-4,6-9,11-14,23H,5,10H2. The van der Waals surface area contributed by atoms with Gasteiger partial charge in [-0.1, -0.05) is 60.7 Å². The Bertz CT molecular complexity index is 1160. The van der Waals surface area contributed by atoms with Gasteiger partial charge in [-0.3, -0.25) is 0 Å². The van der Waals surface area contributed by atoms with Gasteiger partial charge >= 0.3 is 0 Å². The number of para-hydroxylation sites is 1. The fourth-order valence-electron chi connectivity index (χ4n) is 3.80. The molecule has 1 aromatic heterocycles. The van der Waals surface area contributed by atoms with Crippen molar-refractivity contribution in [1.82, 2.24) is 4.98 Å². The van der Waals surface area contributed by atoms with Crippen molar-refractivity contribution < 1.29 is 0 Å². The number of hydrogen-bond donors (Lipinski definition) is 1. The van der Waals surface area contributed by atoms with Crippen LogP contribution in [0.1, 0.15) is 18.4 Å². The highest BCUT2D eigenvalue weighted by molar-refractivity contribution is 6.07. The van der Waals surface area contributed by atoms with E-state index in [-0.39, 0.29) is 0 Å². The number of fused-ring (bicyclic) bond motifs is 4. The fourth-order valence-corrected chi connectivity index (χ4v) is 3.80. The van der Waals surface area contributed by atoms with E-state index in [0.717, 1.165) is 12.8 Å². The average molecular weight is 295 g/mol. The lowest BCUT2D eigenvalue weighted by atomic mass is 9.93. The molecule has 0 spiro atoms. The van der Waals surface area contributed by atoms with Crippen LogP contribution in [0.25, 0.3) is 33.5 Å². The molecule has 0 fully saturated rings. The maximum atomic E-state index is 3.56. The highest BCUT2D eigenvalue weighted by Gasteiger charge is 2.10. The summed E-state index contributed by atoms with van der Waals surface area (Å²) in [5, 5.41) is 5.36. The van der Waals surface area contributed by atoms with Gasteiger partial charge in [0.1, 0.15) is 0 Å². The Morgan fingerprint density at radius 2 is 1.57 bits per heavy atom. The first-order chi connectivity index (χ1) is 11.4. The molecular weight excluding hydrogens is 278 g/mol. The van der Waals surface area contributed by atoms with Crippen LogP contribution in [-0.2, 0) is 0 Å². The Hall–Kier alpha value is -2.80. The highest BCUT2D eigenvalue weighted by Crippen LogP contribution is 2.28. The largest absolute Gasteiger partial charge is 0.354 e. The third-order valence-electron chi connectivity index (χ3n) is 4.90. The van der Waals surface area contributed by atoms with Gasteiger partial charge in [0.15, 0.2) is 0 Å². The lowest BCUT2D eigenvalue weighted by molar-refractivity contribution is 1.08. The van der Waals surface area contributed by atoms with E-state index in [2.05, 4.69) is 77.8 Å². The minimum atomic E-state index is 1.11. The van der Waals surface area contributed by atoms with Crippen molar-refractivity contribution in [3.63, 3.8) is 0 Å². The Labute approximate surface area is 134 Å². The summed E-state index contributed by atoms with van der Waals surface area (Å²) in [6.45, 7) is 0. The van der Waals surface area contributed by atoms with E-state index in [1.54, 1.807) is 0 Å². The van der Waals surface area contributed by atoms with E-state index < -0.39 is 0 Å². The number of aromatic nitrogens is 1. The Morgan fingerprint density at radius 3 is 2.57 bits per heavy atom. The maximum absolute atomic E-state index is 3.56. The molecule has 0 saturated heterocycles. The average Bonchev–Trinajstić information content (AvgIpc) is 2.99. The molecule has 5 rings (SSSR count). The van der Waals surface area contributed by atoms with Gasteiger partial charge in [-0.25, -0.2) is 0 Å². The first kappa shape index (κ1) is 12.7. The lowest BCUT2D eigenvalue weighted by Gasteiger charge is -2.12. The Balaban J connectivity index is 1.82. The van der Waals surface area contributed by atoms with Crippen molar-refractivity contribution in [1.29, 1.82) is 0 Å². The van der Waals surface area contributed by atoms with Crippen molar-refractivity contribution in [3.05, 3.63) is 82.7 Å². The molecule has 0 aliphatic heterocycles. The quantitative estimate of drug-likeness (QED) is 0.544. The number of aromatic amines is 1. The van der Waals surface area contributed by atoms with E-state index >= 15 is 0 Å². The second kappa shape index (κ2) is 4.85. The summed E-state index contributed by atoms with van der Waals surface area (Å²) in [4.78, 5) is 3.56. The zero-order valence-electron chi connectivity index (χ0n) is 12.8. The van der Waals surface area contributed by atoms with Crippen molar-refractivity contribution in [3.8, 4) is 0 Å². The van der Waals surface area contributed by atoms with Gasteiger partial charge in [0.05, 0.1) is 0 Å². The molecule has 1 heteroatoms. The molecule has 110 valence electrons. The SMILES string of the molecule is C1=c2ccccc2=C(c2ccc3c(c2)[nH]c2ccccc23)CC1. The maximum Gasteiger partial charge on any atom is 0.0470 e. The predicted molar refractivity (Wildman–Crippen MR) is 97.7 cm³/mol. The predicted octanol–water partition coefficient (Wildman–Crippen LogP) is 4.09. The smallest absolute Gasteiger partial charge is 0.0470 e. The molecule has 23 heavy (non-hydrogen) atoms. The van der Waals surface area contributed by atoms with Crippen LogP contribution in [0, 0.1) is 0 Å². The molecule has 4 aromatic rings. The first-order valence-electron chi connectivity index (χ1n) is 8.19.